The molecule has 1 heterocycles. The standard InChI is InChI=1S/C21H22N2O3S.CH4/c1-2-13-23-14-11-21(12-15-23,20(24)22-25)27-19-10-6-9-18(16-19)26-17-7-4-3-5-8-17;/h1,3-10,16,25H,11-15H2,(H,22,24);1H4. The Balaban J connectivity index is 0.00000280. The van der Waals surface area contributed by atoms with E-state index in [4.69, 9.17) is 11.2 Å². The van der Waals surface area contributed by atoms with Crippen LogP contribution in [0.2, 0.25) is 0 Å². The van der Waals surface area contributed by atoms with Gasteiger partial charge in [-0.25, -0.2) is 5.48 Å². The van der Waals surface area contributed by atoms with Gasteiger partial charge in [-0.3, -0.25) is 14.9 Å². The summed E-state index contributed by atoms with van der Waals surface area (Å²) in [4.78, 5) is 15.5. The number of hydroxylamine groups is 1. The maximum absolute atomic E-state index is 12.5. The average molecular weight is 399 g/mol. The van der Waals surface area contributed by atoms with Crippen molar-refractivity contribution in [2.24, 2.45) is 0 Å². The van der Waals surface area contributed by atoms with E-state index in [9.17, 15) is 10.0 Å². The molecule has 1 fully saturated rings. The predicted molar refractivity (Wildman–Crippen MR) is 113 cm³/mol. The van der Waals surface area contributed by atoms with E-state index in [1.165, 1.54) is 11.8 Å². The van der Waals surface area contributed by atoms with Gasteiger partial charge in [-0.05, 0) is 43.2 Å². The van der Waals surface area contributed by atoms with Crippen LogP contribution in [0.1, 0.15) is 20.3 Å². The fourth-order valence-electron chi connectivity index (χ4n) is 3.13. The summed E-state index contributed by atoms with van der Waals surface area (Å²) in [7, 11) is 0. The molecule has 28 heavy (non-hydrogen) atoms. The average Bonchev–Trinajstić information content (AvgIpc) is 2.70. The third-order valence-electron chi connectivity index (χ3n) is 4.59. The van der Waals surface area contributed by atoms with Crippen LogP contribution in [0.3, 0.4) is 0 Å². The number of rotatable bonds is 6. The monoisotopic (exact) mass is 398 g/mol. The molecule has 2 N–H and O–H groups in total. The molecule has 0 atom stereocenters. The number of carbonyl (C=O) groups is 1. The number of carbonyl (C=O) groups excluding carboxylic acids is 1. The highest BCUT2D eigenvalue weighted by Crippen LogP contribution is 2.42. The Labute approximate surface area is 171 Å². The minimum Gasteiger partial charge on any atom is -0.457 e. The molecule has 0 radical (unpaired) electrons. The molecule has 1 amide bonds. The van der Waals surface area contributed by atoms with Crippen molar-refractivity contribution in [3.8, 4) is 23.8 Å². The molecule has 1 saturated heterocycles. The second kappa shape index (κ2) is 10.2. The van der Waals surface area contributed by atoms with E-state index in [1.54, 1.807) is 0 Å². The van der Waals surface area contributed by atoms with Crippen molar-refractivity contribution >= 4 is 17.7 Å². The zero-order valence-corrected chi connectivity index (χ0v) is 15.7. The van der Waals surface area contributed by atoms with E-state index in [1.807, 2.05) is 60.1 Å². The molecule has 6 heteroatoms. The molecule has 0 spiro atoms. The highest BCUT2D eigenvalue weighted by Gasteiger charge is 2.42. The van der Waals surface area contributed by atoms with E-state index in [2.05, 4.69) is 10.8 Å². The van der Waals surface area contributed by atoms with E-state index in [0.29, 0.717) is 38.2 Å². The lowest BCUT2D eigenvalue weighted by atomic mass is 9.95. The van der Waals surface area contributed by atoms with Gasteiger partial charge in [0.05, 0.1) is 6.54 Å². The largest absolute Gasteiger partial charge is 0.457 e. The minimum absolute atomic E-state index is 0. The number of amides is 1. The Morgan fingerprint density at radius 3 is 2.50 bits per heavy atom. The van der Waals surface area contributed by atoms with Gasteiger partial charge in [-0.2, -0.15) is 0 Å². The molecule has 3 rings (SSSR count). The number of benzene rings is 2. The van der Waals surface area contributed by atoms with Crippen LogP contribution in [-0.2, 0) is 4.79 Å². The number of nitrogens with zero attached hydrogens (tertiary/aromatic N) is 1. The van der Waals surface area contributed by atoms with E-state index in [0.717, 1.165) is 10.6 Å². The van der Waals surface area contributed by atoms with Crippen molar-refractivity contribution in [2.45, 2.75) is 29.9 Å². The molecule has 5 nitrogen and oxygen atoms in total. The van der Waals surface area contributed by atoms with E-state index >= 15 is 0 Å². The van der Waals surface area contributed by atoms with Crippen LogP contribution in [0.15, 0.2) is 59.5 Å². The van der Waals surface area contributed by atoms with Crippen molar-refractivity contribution in [1.82, 2.24) is 10.4 Å². The lowest BCUT2D eigenvalue weighted by Gasteiger charge is -2.39. The van der Waals surface area contributed by atoms with Crippen LogP contribution in [0, 0.1) is 12.3 Å². The highest BCUT2D eigenvalue weighted by molar-refractivity contribution is 8.01. The lowest BCUT2D eigenvalue weighted by Crippen LogP contribution is -2.51. The lowest BCUT2D eigenvalue weighted by molar-refractivity contribution is -0.132. The number of terminal acetylenes is 1. The van der Waals surface area contributed by atoms with Crippen molar-refractivity contribution in [1.29, 1.82) is 0 Å². The maximum atomic E-state index is 12.5. The van der Waals surface area contributed by atoms with Gasteiger partial charge in [0.25, 0.3) is 5.91 Å². The van der Waals surface area contributed by atoms with Gasteiger partial charge >= 0.3 is 0 Å². The van der Waals surface area contributed by atoms with E-state index < -0.39 is 4.75 Å². The number of piperidine rings is 1. The third-order valence-corrected chi connectivity index (χ3v) is 6.07. The Bertz CT molecular complexity index is 812. The number of hydrogen-bond acceptors (Lipinski definition) is 5. The Morgan fingerprint density at radius 1 is 1.18 bits per heavy atom. The summed E-state index contributed by atoms with van der Waals surface area (Å²) in [6.07, 6.45) is 6.60. The topological polar surface area (TPSA) is 61.8 Å². The fraction of sp³-hybridized carbons (Fsp3) is 0.318. The molecule has 0 saturated carbocycles. The molecule has 0 unspecified atom stereocenters. The Hall–Kier alpha value is -2.46. The van der Waals surface area contributed by atoms with Crippen LogP contribution < -0.4 is 10.2 Å². The molecule has 2 aromatic carbocycles. The number of thioether (sulfide) groups is 1. The smallest absolute Gasteiger partial charge is 0.260 e. The molecular formula is C22H26N2O3S. The molecule has 148 valence electrons. The molecule has 1 aliphatic rings. The van der Waals surface area contributed by atoms with Crippen LogP contribution in [-0.4, -0.2) is 40.4 Å². The van der Waals surface area contributed by atoms with Crippen LogP contribution in [0.5, 0.6) is 11.5 Å². The first-order valence-electron chi connectivity index (χ1n) is 8.77. The van der Waals surface area contributed by atoms with Crippen molar-refractivity contribution in [3.63, 3.8) is 0 Å². The summed E-state index contributed by atoms with van der Waals surface area (Å²) in [5, 5.41) is 9.27. The van der Waals surface area contributed by atoms with Crippen LogP contribution in [0.4, 0.5) is 0 Å². The second-order valence-electron chi connectivity index (χ2n) is 6.41. The zero-order chi connectivity index (χ0) is 19.1. The number of hydrogen-bond donors (Lipinski definition) is 2. The van der Waals surface area contributed by atoms with Gasteiger partial charge in [-0.1, -0.05) is 37.6 Å². The molecule has 1 aliphatic heterocycles. The van der Waals surface area contributed by atoms with Gasteiger partial charge < -0.3 is 4.74 Å². The van der Waals surface area contributed by atoms with Gasteiger partial charge in [0.2, 0.25) is 0 Å². The first-order valence-corrected chi connectivity index (χ1v) is 9.59. The number of ether oxygens (including phenoxy) is 1. The predicted octanol–water partition coefficient (Wildman–Crippen LogP) is 4.18. The minimum atomic E-state index is -0.731. The third kappa shape index (κ3) is 5.29. The highest BCUT2D eigenvalue weighted by atomic mass is 32.2. The summed E-state index contributed by atoms with van der Waals surface area (Å²) < 4.78 is 5.15. The molecule has 2 aromatic rings. The molecule has 0 aliphatic carbocycles. The zero-order valence-electron chi connectivity index (χ0n) is 14.9. The first-order chi connectivity index (χ1) is 13.1. The Kier molecular flexibility index (Phi) is 7.94. The van der Waals surface area contributed by atoms with Crippen molar-refractivity contribution in [2.75, 3.05) is 19.6 Å². The van der Waals surface area contributed by atoms with Crippen LogP contribution in [0.25, 0.3) is 0 Å². The number of nitrogens with one attached hydrogen (secondary N) is 1. The summed E-state index contributed by atoms with van der Waals surface area (Å²) in [6.45, 7) is 2.00. The van der Waals surface area contributed by atoms with Crippen LogP contribution >= 0.6 is 11.8 Å². The Morgan fingerprint density at radius 2 is 1.86 bits per heavy atom. The van der Waals surface area contributed by atoms with Crippen molar-refractivity contribution in [3.05, 3.63) is 54.6 Å². The van der Waals surface area contributed by atoms with Gasteiger partial charge in [0, 0.05) is 18.0 Å². The summed E-state index contributed by atoms with van der Waals surface area (Å²) in [6, 6.07) is 17.2. The molecule has 0 aromatic heterocycles. The van der Waals surface area contributed by atoms with Gasteiger partial charge in [-0.15, -0.1) is 18.2 Å². The number of para-hydroxylation sites is 1. The quantitative estimate of drug-likeness (QED) is 0.434. The summed E-state index contributed by atoms with van der Waals surface area (Å²) in [5.74, 6) is 3.73. The van der Waals surface area contributed by atoms with Gasteiger partial charge in [0.15, 0.2) is 0 Å². The van der Waals surface area contributed by atoms with E-state index in [-0.39, 0.29) is 13.3 Å². The summed E-state index contributed by atoms with van der Waals surface area (Å²) >= 11 is 1.46. The van der Waals surface area contributed by atoms with Gasteiger partial charge in [0.1, 0.15) is 16.2 Å². The fourth-order valence-corrected chi connectivity index (χ4v) is 4.43. The second-order valence-corrected chi connectivity index (χ2v) is 7.86. The van der Waals surface area contributed by atoms with Crippen molar-refractivity contribution < 1.29 is 14.7 Å². The molecular weight excluding hydrogens is 372 g/mol. The molecule has 0 bridgehead atoms. The first kappa shape index (κ1) is 21.8. The maximum Gasteiger partial charge on any atom is 0.260 e. The normalized spacial score (nSPS) is 15.7. The summed E-state index contributed by atoms with van der Waals surface area (Å²) in [5.41, 5.74) is 1.85. The SMILES string of the molecule is C.C#CCN1CCC(Sc2cccc(Oc3ccccc3)c2)(C(=O)NO)CC1. The number of likely N-dealkylation sites (tertiary alicyclic amines) is 1.